The highest BCUT2D eigenvalue weighted by Gasteiger charge is 2.22. The highest BCUT2D eigenvalue weighted by molar-refractivity contribution is 5.15. The third-order valence-electron chi connectivity index (χ3n) is 3.59. The molecular formula is C14H27N3. The third-order valence-corrected chi connectivity index (χ3v) is 3.59. The van der Waals surface area contributed by atoms with Gasteiger partial charge in [0.1, 0.15) is 0 Å². The standard InChI is InChI=1S/C14H27N3/c1-6-11(7-2)14(15-9-4)13-10-12(8-3)16-17(13)5/h10-11,14-15H,6-9H2,1-5H3. The molecule has 0 saturated heterocycles. The van der Waals surface area contributed by atoms with E-state index < -0.39 is 0 Å². The van der Waals surface area contributed by atoms with Gasteiger partial charge < -0.3 is 5.32 Å². The maximum absolute atomic E-state index is 4.56. The molecule has 0 aliphatic heterocycles. The zero-order valence-corrected chi connectivity index (χ0v) is 12.0. The number of aryl methyl sites for hydroxylation is 2. The van der Waals surface area contributed by atoms with E-state index in [1.54, 1.807) is 0 Å². The lowest BCUT2D eigenvalue weighted by Gasteiger charge is -2.26. The first kappa shape index (κ1) is 14.2. The van der Waals surface area contributed by atoms with E-state index in [-0.39, 0.29) is 0 Å². The lowest BCUT2D eigenvalue weighted by molar-refractivity contribution is 0.331. The van der Waals surface area contributed by atoms with Gasteiger partial charge in [0.15, 0.2) is 0 Å². The number of nitrogens with one attached hydrogen (secondary N) is 1. The number of hydrogen-bond acceptors (Lipinski definition) is 2. The molecule has 1 atom stereocenters. The Hall–Kier alpha value is -0.830. The van der Waals surface area contributed by atoms with E-state index in [0.29, 0.717) is 12.0 Å². The van der Waals surface area contributed by atoms with Gasteiger partial charge in [-0.25, -0.2) is 0 Å². The lowest BCUT2D eigenvalue weighted by atomic mass is 9.91. The summed E-state index contributed by atoms with van der Waals surface area (Å²) in [5.74, 6) is 0.690. The quantitative estimate of drug-likeness (QED) is 0.790. The van der Waals surface area contributed by atoms with E-state index in [0.717, 1.165) is 13.0 Å². The van der Waals surface area contributed by atoms with Crippen molar-refractivity contribution in [1.82, 2.24) is 15.1 Å². The van der Waals surface area contributed by atoms with Crippen LogP contribution in [0.3, 0.4) is 0 Å². The highest BCUT2D eigenvalue weighted by Crippen LogP contribution is 2.27. The molecule has 1 unspecified atom stereocenters. The fraction of sp³-hybridized carbons (Fsp3) is 0.786. The van der Waals surface area contributed by atoms with Crippen LogP contribution in [-0.2, 0) is 13.5 Å². The van der Waals surface area contributed by atoms with Gasteiger partial charge in [0, 0.05) is 7.05 Å². The average molecular weight is 237 g/mol. The van der Waals surface area contributed by atoms with Gasteiger partial charge in [-0.1, -0.05) is 40.5 Å². The van der Waals surface area contributed by atoms with Crippen molar-refractivity contribution in [1.29, 1.82) is 0 Å². The van der Waals surface area contributed by atoms with Crippen LogP contribution >= 0.6 is 0 Å². The molecule has 1 heterocycles. The normalized spacial score (nSPS) is 13.3. The molecule has 3 nitrogen and oxygen atoms in total. The summed E-state index contributed by atoms with van der Waals surface area (Å²) in [7, 11) is 2.06. The van der Waals surface area contributed by atoms with Crippen LogP contribution in [-0.4, -0.2) is 16.3 Å². The van der Waals surface area contributed by atoms with Crippen molar-refractivity contribution in [2.75, 3.05) is 6.54 Å². The summed E-state index contributed by atoms with van der Waals surface area (Å²) in [5.41, 5.74) is 2.52. The zero-order chi connectivity index (χ0) is 12.8. The Kier molecular flexibility index (Phi) is 5.69. The summed E-state index contributed by atoms with van der Waals surface area (Å²) in [6, 6.07) is 2.69. The minimum absolute atomic E-state index is 0.438. The monoisotopic (exact) mass is 237 g/mol. The molecule has 1 N–H and O–H groups in total. The van der Waals surface area contributed by atoms with Gasteiger partial charge in [-0.05, 0) is 24.9 Å². The van der Waals surface area contributed by atoms with Crippen molar-refractivity contribution >= 4 is 0 Å². The molecule has 0 aromatic carbocycles. The van der Waals surface area contributed by atoms with Gasteiger partial charge in [-0.3, -0.25) is 4.68 Å². The average Bonchev–Trinajstić information content (AvgIpc) is 2.71. The highest BCUT2D eigenvalue weighted by atomic mass is 15.3. The van der Waals surface area contributed by atoms with Crippen LogP contribution in [0, 0.1) is 5.92 Å². The topological polar surface area (TPSA) is 29.9 Å². The maximum atomic E-state index is 4.56. The van der Waals surface area contributed by atoms with Crippen LogP contribution in [0.2, 0.25) is 0 Å². The van der Waals surface area contributed by atoms with E-state index in [1.807, 2.05) is 4.68 Å². The molecule has 98 valence electrons. The Morgan fingerprint density at radius 2 is 1.88 bits per heavy atom. The Morgan fingerprint density at radius 1 is 1.24 bits per heavy atom. The van der Waals surface area contributed by atoms with Crippen LogP contribution in [0.4, 0.5) is 0 Å². The minimum atomic E-state index is 0.438. The van der Waals surface area contributed by atoms with Gasteiger partial charge >= 0.3 is 0 Å². The summed E-state index contributed by atoms with van der Waals surface area (Å²) < 4.78 is 2.05. The van der Waals surface area contributed by atoms with Crippen molar-refractivity contribution in [3.8, 4) is 0 Å². The van der Waals surface area contributed by atoms with Gasteiger partial charge in [-0.15, -0.1) is 0 Å². The van der Waals surface area contributed by atoms with E-state index in [4.69, 9.17) is 0 Å². The molecule has 0 amide bonds. The molecule has 1 rings (SSSR count). The fourth-order valence-corrected chi connectivity index (χ4v) is 2.50. The molecule has 17 heavy (non-hydrogen) atoms. The Balaban J connectivity index is 2.99. The smallest absolute Gasteiger partial charge is 0.0625 e. The molecular weight excluding hydrogens is 210 g/mol. The number of rotatable bonds is 7. The maximum Gasteiger partial charge on any atom is 0.0625 e. The largest absolute Gasteiger partial charge is 0.309 e. The van der Waals surface area contributed by atoms with Crippen LogP contribution in [0.25, 0.3) is 0 Å². The van der Waals surface area contributed by atoms with Gasteiger partial charge in [0.05, 0.1) is 17.4 Å². The van der Waals surface area contributed by atoms with Crippen molar-refractivity contribution in [2.24, 2.45) is 13.0 Å². The summed E-state index contributed by atoms with van der Waals surface area (Å²) >= 11 is 0. The number of nitrogens with zero attached hydrogens (tertiary/aromatic N) is 2. The fourth-order valence-electron chi connectivity index (χ4n) is 2.50. The molecule has 1 aromatic heterocycles. The van der Waals surface area contributed by atoms with E-state index >= 15 is 0 Å². The Bertz CT molecular complexity index is 326. The summed E-state index contributed by atoms with van der Waals surface area (Å²) in [5, 5.41) is 8.18. The Labute approximate surface area is 106 Å². The SMILES string of the molecule is CCNC(c1cc(CC)nn1C)C(CC)CC. The second-order valence-electron chi connectivity index (χ2n) is 4.65. The van der Waals surface area contributed by atoms with Crippen LogP contribution in [0.1, 0.15) is 58.0 Å². The predicted octanol–water partition coefficient (Wildman–Crippen LogP) is 3.07. The molecule has 0 aliphatic carbocycles. The molecule has 3 heteroatoms. The second-order valence-corrected chi connectivity index (χ2v) is 4.65. The van der Waals surface area contributed by atoms with Crippen molar-refractivity contribution < 1.29 is 0 Å². The Morgan fingerprint density at radius 3 is 2.29 bits per heavy atom. The van der Waals surface area contributed by atoms with Crippen LogP contribution in [0.5, 0.6) is 0 Å². The van der Waals surface area contributed by atoms with Crippen molar-refractivity contribution in [3.05, 3.63) is 17.5 Å². The lowest BCUT2D eigenvalue weighted by Crippen LogP contribution is -2.29. The van der Waals surface area contributed by atoms with Crippen molar-refractivity contribution in [2.45, 2.75) is 53.0 Å². The molecule has 0 fully saturated rings. The van der Waals surface area contributed by atoms with Gasteiger partial charge in [-0.2, -0.15) is 5.10 Å². The third kappa shape index (κ3) is 3.32. The minimum Gasteiger partial charge on any atom is -0.309 e. The second kappa shape index (κ2) is 6.80. The zero-order valence-electron chi connectivity index (χ0n) is 12.0. The summed E-state index contributed by atoms with van der Waals surface area (Å²) in [6.07, 6.45) is 3.43. The first-order valence-corrected chi connectivity index (χ1v) is 6.93. The van der Waals surface area contributed by atoms with Crippen LogP contribution in [0.15, 0.2) is 6.07 Å². The molecule has 0 saturated carbocycles. The van der Waals surface area contributed by atoms with E-state index in [1.165, 1.54) is 24.2 Å². The molecule has 0 aliphatic rings. The molecule has 0 bridgehead atoms. The van der Waals surface area contributed by atoms with Crippen molar-refractivity contribution in [3.63, 3.8) is 0 Å². The summed E-state index contributed by atoms with van der Waals surface area (Å²) in [6.45, 7) is 9.89. The predicted molar refractivity (Wildman–Crippen MR) is 73.1 cm³/mol. The number of aromatic nitrogens is 2. The molecule has 0 radical (unpaired) electrons. The van der Waals surface area contributed by atoms with E-state index in [2.05, 4.69) is 51.2 Å². The summed E-state index contributed by atoms with van der Waals surface area (Å²) in [4.78, 5) is 0. The van der Waals surface area contributed by atoms with Gasteiger partial charge in [0.2, 0.25) is 0 Å². The molecule has 1 aromatic rings. The van der Waals surface area contributed by atoms with E-state index in [9.17, 15) is 0 Å². The first-order chi connectivity index (χ1) is 8.17. The number of hydrogen-bond donors (Lipinski definition) is 1. The van der Waals surface area contributed by atoms with Crippen LogP contribution < -0.4 is 5.32 Å². The molecule has 0 spiro atoms. The first-order valence-electron chi connectivity index (χ1n) is 6.93. The van der Waals surface area contributed by atoms with Gasteiger partial charge in [0.25, 0.3) is 0 Å².